The topological polar surface area (TPSA) is 81.4 Å². The molecule has 0 fully saturated rings. The molecule has 1 N–H and O–H groups in total. The number of halogens is 1. The molecule has 7 nitrogen and oxygen atoms in total. The largest absolute Gasteiger partial charge is 0.367 e. The molecule has 0 atom stereocenters. The van der Waals surface area contributed by atoms with Crippen molar-refractivity contribution in [3.05, 3.63) is 23.9 Å². The quantitative estimate of drug-likeness (QED) is 0.802. The van der Waals surface area contributed by atoms with Gasteiger partial charge in [-0.3, -0.25) is 0 Å². The third kappa shape index (κ3) is 2.84. The van der Waals surface area contributed by atoms with E-state index in [-0.39, 0.29) is 0 Å². The number of anilines is 1. The van der Waals surface area contributed by atoms with E-state index in [4.69, 9.17) is 11.6 Å². The number of hydrogen-bond donors (Lipinski definition) is 1. The maximum atomic E-state index is 5.59. The summed E-state index contributed by atoms with van der Waals surface area (Å²) in [5.41, 5.74) is 0. The van der Waals surface area contributed by atoms with E-state index in [0.29, 0.717) is 24.1 Å². The molecule has 0 amide bonds. The van der Waals surface area contributed by atoms with Crippen molar-refractivity contribution >= 4 is 17.4 Å². The molecule has 2 rings (SSSR count). The first-order valence-corrected chi connectivity index (χ1v) is 4.64. The summed E-state index contributed by atoms with van der Waals surface area (Å²) in [5, 5.41) is 14.6. The standard InChI is InChI=1S/C7H8ClN7/c8-6-3-11-7(4-10-6)9-1-2-15-13-5-12-14-15/h3-5H,1-2H2,(H,9,11). The predicted octanol–water partition coefficient (Wildman–Crippen LogP) is 0.229. The molecule has 0 bridgehead atoms. The number of nitrogens with zero attached hydrogens (tertiary/aromatic N) is 6. The predicted molar refractivity (Wildman–Crippen MR) is 53.3 cm³/mol. The Morgan fingerprint density at radius 3 is 2.93 bits per heavy atom. The van der Waals surface area contributed by atoms with Gasteiger partial charge in [-0.1, -0.05) is 11.6 Å². The summed E-state index contributed by atoms with van der Waals surface area (Å²) < 4.78 is 0. The van der Waals surface area contributed by atoms with E-state index >= 15 is 0 Å². The Hall–Kier alpha value is -1.76. The van der Waals surface area contributed by atoms with Crippen LogP contribution in [0.5, 0.6) is 0 Å². The first kappa shape index (κ1) is 9.78. The van der Waals surface area contributed by atoms with Gasteiger partial charge < -0.3 is 5.32 Å². The van der Waals surface area contributed by atoms with Crippen LogP contribution in [0.1, 0.15) is 0 Å². The molecule has 0 saturated carbocycles. The highest BCUT2D eigenvalue weighted by Gasteiger charge is 1.96. The summed E-state index contributed by atoms with van der Waals surface area (Å²) in [7, 11) is 0. The highest BCUT2D eigenvalue weighted by Crippen LogP contribution is 2.04. The smallest absolute Gasteiger partial charge is 0.162 e. The number of tetrazole rings is 1. The molecule has 78 valence electrons. The van der Waals surface area contributed by atoms with Crippen molar-refractivity contribution in [2.75, 3.05) is 11.9 Å². The summed E-state index contributed by atoms with van der Waals surface area (Å²) >= 11 is 5.59. The lowest BCUT2D eigenvalue weighted by Crippen LogP contribution is -2.13. The third-order valence-electron chi connectivity index (χ3n) is 1.63. The Morgan fingerprint density at radius 1 is 1.33 bits per heavy atom. The molecule has 8 heteroatoms. The average Bonchev–Trinajstić information content (AvgIpc) is 2.74. The molecule has 0 spiro atoms. The Labute approximate surface area is 90.5 Å². The van der Waals surface area contributed by atoms with Gasteiger partial charge in [-0.05, 0) is 5.21 Å². The van der Waals surface area contributed by atoms with E-state index in [9.17, 15) is 0 Å². The summed E-state index contributed by atoms with van der Waals surface area (Å²) in [6.45, 7) is 1.26. The number of hydrogen-bond acceptors (Lipinski definition) is 6. The second-order valence-corrected chi connectivity index (χ2v) is 3.07. The fraction of sp³-hybridized carbons (Fsp3) is 0.286. The molecular weight excluding hydrogens is 218 g/mol. The minimum Gasteiger partial charge on any atom is -0.367 e. The molecule has 0 saturated heterocycles. The van der Waals surface area contributed by atoms with Crippen LogP contribution >= 0.6 is 11.6 Å². The van der Waals surface area contributed by atoms with E-state index < -0.39 is 0 Å². The van der Waals surface area contributed by atoms with E-state index in [1.807, 2.05) is 0 Å². The maximum absolute atomic E-state index is 5.59. The monoisotopic (exact) mass is 225 g/mol. The maximum Gasteiger partial charge on any atom is 0.162 e. The lowest BCUT2D eigenvalue weighted by atomic mass is 10.6. The summed E-state index contributed by atoms with van der Waals surface area (Å²) in [6, 6.07) is 0. The highest BCUT2D eigenvalue weighted by molar-refractivity contribution is 6.29. The molecule has 15 heavy (non-hydrogen) atoms. The van der Waals surface area contributed by atoms with Gasteiger partial charge in [-0.2, -0.15) is 4.80 Å². The summed E-state index contributed by atoms with van der Waals surface area (Å²) in [5.74, 6) is 0.666. The summed E-state index contributed by atoms with van der Waals surface area (Å²) in [4.78, 5) is 9.39. The SMILES string of the molecule is Clc1cnc(NCCn2ncnn2)cn1. The van der Waals surface area contributed by atoms with Crippen LogP contribution in [-0.4, -0.2) is 36.7 Å². The van der Waals surface area contributed by atoms with Crippen LogP contribution in [0.4, 0.5) is 5.82 Å². The Kier molecular flexibility index (Phi) is 3.03. The average molecular weight is 226 g/mol. The van der Waals surface area contributed by atoms with Gasteiger partial charge in [0.1, 0.15) is 11.0 Å². The van der Waals surface area contributed by atoms with Crippen molar-refractivity contribution in [3.8, 4) is 0 Å². The van der Waals surface area contributed by atoms with E-state index in [2.05, 4.69) is 30.7 Å². The second kappa shape index (κ2) is 4.65. The normalized spacial score (nSPS) is 10.2. The lowest BCUT2D eigenvalue weighted by Gasteiger charge is -2.03. The van der Waals surface area contributed by atoms with Gasteiger partial charge in [-0.25, -0.2) is 9.97 Å². The Bertz CT molecular complexity index is 398. The third-order valence-corrected chi connectivity index (χ3v) is 1.82. The van der Waals surface area contributed by atoms with Crippen molar-refractivity contribution in [1.29, 1.82) is 0 Å². The molecule has 2 aromatic rings. The van der Waals surface area contributed by atoms with Crippen molar-refractivity contribution in [2.24, 2.45) is 0 Å². The van der Waals surface area contributed by atoms with Crippen LogP contribution in [0.2, 0.25) is 5.15 Å². The molecule has 0 aliphatic rings. The van der Waals surface area contributed by atoms with E-state index in [0.717, 1.165) is 0 Å². The van der Waals surface area contributed by atoms with Crippen LogP contribution in [0.3, 0.4) is 0 Å². The minimum absolute atomic E-state index is 0.374. The lowest BCUT2D eigenvalue weighted by molar-refractivity contribution is 0.538. The Morgan fingerprint density at radius 2 is 2.27 bits per heavy atom. The Balaban J connectivity index is 1.81. The minimum atomic E-state index is 0.374. The first-order valence-electron chi connectivity index (χ1n) is 4.27. The molecule has 0 aliphatic heterocycles. The molecule has 2 aromatic heterocycles. The molecule has 0 aliphatic carbocycles. The van der Waals surface area contributed by atoms with Crippen molar-refractivity contribution < 1.29 is 0 Å². The molecule has 2 heterocycles. The number of rotatable bonds is 4. The van der Waals surface area contributed by atoms with Crippen LogP contribution < -0.4 is 5.32 Å². The van der Waals surface area contributed by atoms with Crippen LogP contribution in [0.25, 0.3) is 0 Å². The van der Waals surface area contributed by atoms with Crippen LogP contribution in [0.15, 0.2) is 18.7 Å². The van der Waals surface area contributed by atoms with Gasteiger partial charge in [0.05, 0.1) is 18.9 Å². The van der Waals surface area contributed by atoms with Gasteiger partial charge in [-0.15, -0.1) is 10.2 Å². The van der Waals surface area contributed by atoms with E-state index in [1.165, 1.54) is 17.3 Å². The fourth-order valence-corrected chi connectivity index (χ4v) is 1.08. The van der Waals surface area contributed by atoms with Gasteiger partial charge in [0.25, 0.3) is 0 Å². The number of aromatic nitrogens is 6. The highest BCUT2D eigenvalue weighted by atomic mass is 35.5. The van der Waals surface area contributed by atoms with Crippen molar-refractivity contribution in [2.45, 2.75) is 6.54 Å². The first-order chi connectivity index (χ1) is 7.34. The van der Waals surface area contributed by atoms with Crippen molar-refractivity contribution in [1.82, 2.24) is 30.2 Å². The second-order valence-electron chi connectivity index (χ2n) is 2.68. The van der Waals surface area contributed by atoms with Crippen molar-refractivity contribution in [3.63, 3.8) is 0 Å². The van der Waals surface area contributed by atoms with Gasteiger partial charge in [0, 0.05) is 6.54 Å². The van der Waals surface area contributed by atoms with Gasteiger partial charge >= 0.3 is 0 Å². The van der Waals surface area contributed by atoms with Gasteiger partial charge in [0.2, 0.25) is 0 Å². The number of nitrogens with one attached hydrogen (secondary N) is 1. The summed E-state index contributed by atoms with van der Waals surface area (Å²) in [6.07, 6.45) is 4.44. The zero-order valence-electron chi connectivity index (χ0n) is 7.71. The fourth-order valence-electron chi connectivity index (χ4n) is 0.978. The van der Waals surface area contributed by atoms with Crippen LogP contribution in [0, 0.1) is 0 Å². The molecule has 0 unspecified atom stereocenters. The van der Waals surface area contributed by atoms with Gasteiger partial charge in [0.15, 0.2) is 6.33 Å². The zero-order chi connectivity index (χ0) is 10.5. The molecular formula is C7H8ClN7. The van der Waals surface area contributed by atoms with E-state index in [1.54, 1.807) is 6.20 Å². The zero-order valence-corrected chi connectivity index (χ0v) is 8.46. The van der Waals surface area contributed by atoms with Crippen LogP contribution in [-0.2, 0) is 6.54 Å². The molecule has 0 aromatic carbocycles. The molecule has 0 radical (unpaired) electrons.